The first-order valence-corrected chi connectivity index (χ1v) is 9.31. The number of hydrogen-bond acceptors (Lipinski definition) is 3. The third kappa shape index (κ3) is 5.31. The molecular weight excluding hydrogens is 358 g/mol. The highest BCUT2D eigenvalue weighted by atomic mass is 35.5. The Kier molecular flexibility index (Phi) is 6.44. The molecule has 0 fully saturated rings. The fraction of sp³-hybridized carbons (Fsp3) is 0.182. The van der Waals surface area contributed by atoms with Crippen molar-refractivity contribution in [3.05, 3.63) is 88.6 Å². The maximum atomic E-state index is 12.6. The number of nitrogens with one attached hydrogen (secondary N) is 2. The number of aromatic nitrogens is 1. The molecule has 2 N–H and O–H groups in total. The van der Waals surface area contributed by atoms with E-state index in [1.54, 1.807) is 18.3 Å². The molecule has 27 heavy (non-hydrogen) atoms. The van der Waals surface area contributed by atoms with E-state index in [2.05, 4.69) is 27.8 Å². The summed E-state index contributed by atoms with van der Waals surface area (Å²) in [6.07, 6.45) is 3.47. The summed E-state index contributed by atoms with van der Waals surface area (Å²) in [5, 5.41) is 6.83. The number of halogens is 1. The molecule has 138 valence electrons. The number of benzene rings is 2. The second-order valence-electron chi connectivity index (χ2n) is 6.33. The van der Waals surface area contributed by atoms with Crippen molar-refractivity contribution < 1.29 is 4.79 Å². The lowest BCUT2D eigenvalue weighted by Crippen LogP contribution is -2.25. The minimum Gasteiger partial charge on any atom is -0.352 e. The van der Waals surface area contributed by atoms with Gasteiger partial charge in [-0.1, -0.05) is 48.0 Å². The molecule has 0 saturated carbocycles. The molecular formula is C22H22ClN3O. The summed E-state index contributed by atoms with van der Waals surface area (Å²) in [5.74, 6) is 0.377. The number of carbonyl (C=O) groups excluding carboxylic acids is 1. The zero-order chi connectivity index (χ0) is 19.1. The Balaban J connectivity index is 1.62. The van der Waals surface area contributed by atoms with Crippen molar-refractivity contribution in [1.29, 1.82) is 0 Å². The third-order valence-electron chi connectivity index (χ3n) is 4.28. The molecule has 0 atom stereocenters. The van der Waals surface area contributed by atoms with Gasteiger partial charge in [-0.2, -0.15) is 0 Å². The summed E-state index contributed by atoms with van der Waals surface area (Å²) in [7, 11) is 0. The van der Waals surface area contributed by atoms with E-state index in [0.29, 0.717) is 22.9 Å². The molecule has 1 heterocycles. The van der Waals surface area contributed by atoms with Crippen molar-refractivity contribution in [2.75, 3.05) is 11.9 Å². The summed E-state index contributed by atoms with van der Waals surface area (Å²) in [5.41, 5.74) is 3.64. The van der Waals surface area contributed by atoms with Gasteiger partial charge in [0.2, 0.25) is 0 Å². The quantitative estimate of drug-likeness (QED) is 0.558. The highest BCUT2D eigenvalue weighted by Gasteiger charge is 2.13. The summed E-state index contributed by atoms with van der Waals surface area (Å²) < 4.78 is 0. The molecule has 0 bridgehead atoms. The van der Waals surface area contributed by atoms with E-state index in [-0.39, 0.29) is 5.91 Å². The normalized spacial score (nSPS) is 10.4. The van der Waals surface area contributed by atoms with Crippen molar-refractivity contribution in [1.82, 2.24) is 10.3 Å². The Labute approximate surface area is 164 Å². The molecule has 0 aliphatic rings. The Morgan fingerprint density at radius 2 is 1.89 bits per heavy atom. The summed E-state index contributed by atoms with van der Waals surface area (Å²) in [4.78, 5) is 16.9. The van der Waals surface area contributed by atoms with E-state index < -0.39 is 0 Å². The molecule has 0 spiro atoms. The summed E-state index contributed by atoms with van der Waals surface area (Å²) in [6.45, 7) is 2.59. The monoisotopic (exact) mass is 379 g/mol. The van der Waals surface area contributed by atoms with Gasteiger partial charge in [0, 0.05) is 23.5 Å². The predicted octanol–water partition coefficient (Wildman–Crippen LogP) is 5.15. The molecule has 3 rings (SSSR count). The number of amides is 1. The summed E-state index contributed by atoms with van der Waals surface area (Å²) in [6, 6.07) is 19.4. The molecule has 0 aliphatic carbocycles. The second-order valence-corrected chi connectivity index (χ2v) is 6.77. The zero-order valence-electron chi connectivity index (χ0n) is 15.2. The standard InChI is InChI=1S/C22H22ClN3O/c1-16-11-12-18(23)15-20(16)26-21-19(10-6-13-24-21)22(27)25-14-5-9-17-7-3-2-4-8-17/h2-4,6-8,10-13,15H,5,9,14H2,1H3,(H,24,26)(H,25,27). The van der Waals surface area contributed by atoms with Gasteiger partial charge in [0.15, 0.2) is 0 Å². The first kappa shape index (κ1) is 18.9. The number of nitrogens with zero attached hydrogens (tertiary/aromatic N) is 1. The van der Waals surface area contributed by atoms with Crippen molar-refractivity contribution in [3.8, 4) is 0 Å². The topological polar surface area (TPSA) is 54.0 Å². The fourth-order valence-electron chi connectivity index (χ4n) is 2.78. The Hall–Kier alpha value is -2.85. The molecule has 1 amide bonds. The fourth-order valence-corrected chi connectivity index (χ4v) is 2.95. The lowest BCUT2D eigenvalue weighted by molar-refractivity contribution is 0.0954. The van der Waals surface area contributed by atoms with Crippen LogP contribution in [-0.4, -0.2) is 17.4 Å². The van der Waals surface area contributed by atoms with Crippen LogP contribution in [0.3, 0.4) is 0 Å². The van der Waals surface area contributed by atoms with E-state index in [1.165, 1.54) is 5.56 Å². The highest BCUT2D eigenvalue weighted by Crippen LogP contribution is 2.25. The van der Waals surface area contributed by atoms with Crippen molar-refractivity contribution in [3.63, 3.8) is 0 Å². The minimum atomic E-state index is -0.140. The van der Waals surface area contributed by atoms with Gasteiger partial charge in [-0.05, 0) is 55.2 Å². The number of carbonyl (C=O) groups is 1. The average Bonchev–Trinajstić information content (AvgIpc) is 2.69. The van der Waals surface area contributed by atoms with Crippen LogP contribution in [0.15, 0.2) is 66.9 Å². The van der Waals surface area contributed by atoms with Crippen molar-refractivity contribution >= 4 is 29.0 Å². The first-order chi connectivity index (χ1) is 13.1. The van der Waals surface area contributed by atoms with Crippen LogP contribution >= 0.6 is 11.6 Å². The van der Waals surface area contributed by atoms with Gasteiger partial charge in [0.25, 0.3) is 5.91 Å². The third-order valence-corrected chi connectivity index (χ3v) is 4.51. The molecule has 3 aromatic rings. The number of anilines is 2. The van der Waals surface area contributed by atoms with Crippen LogP contribution in [0.2, 0.25) is 5.02 Å². The second kappa shape index (κ2) is 9.19. The Morgan fingerprint density at radius 1 is 1.07 bits per heavy atom. The van der Waals surface area contributed by atoms with E-state index in [4.69, 9.17) is 11.6 Å². The highest BCUT2D eigenvalue weighted by molar-refractivity contribution is 6.30. The smallest absolute Gasteiger partial charge is 0.255 e. The minimum absolute atomic E-state index is 0.140. The van der Waals surface area contributed by atoms with Gasteiger partial charge in [-0.3, -0.25) is 4.79 Å². The molecule has 0 saturated heterocycles. The van der Waals surface area contributed by atoms with Gasteiger partial charge >= 0.3 is 0 Å². The van der Waals surface area contributed by atoms with Crippen molar-refractivity contribution in [2.24, 2.45) is 0 Å². The predicted molar refractivity (Wildman–Crippen MR) is 111 cm³/mol. The number of rotatable bonds is 7. The molecule has 5 heteroatoms. The number of pyridine rings is 1. The van der Waals surface area contributed by atoms with Crippen LogP contribution in [-0.2, 0) is 6.42 Å². The molecule has 4 nitrogen and oxygen atoms in total. The van der Waals surface area contributed by atoms with Crippen LogP contribution in [0.25, 0.3) is 0 Å². The lowest BCUT2D eigenvalue weighted by atomic mass is 10.1. The van der Waals surface area contributed by atoms with Gasteiger partial charge in [-0.15, -0.1) is 0 Å². The SMILES string of the molecule is Cc1ccc(Cl)cc1Nc1ncccc1C(=O)NCCCc1ccccc1. The van der Waals surface area contributed by atoms with E-state index in [9.17, 15) is 4.79 Å². The van der Waals surface area contributed by atoms with Gasteiger partial charge in [0.1, 0.15) is 5.82 Å². The maximum Gasteiger partial charge on any atom is 0.255 e. The average molecular weight is 380 g/mol. The maximum absolute atomic E-state index is 12.6. The van der Waals surface area contributed by atoms with Gasteiger partial charge in [-0.25, -0.2) is 4.98 Å². The van der Waals surface area contributed by atoms with Gasteiger partial charge < -0.3 is 10.6 Å². The van der Waals surface area contributed by atoms with Crippen LogP contribution in [0.1, 0.15) is 27.9 Å². The van der Waals surface area contributed by atoms with Crippen LogP contribution in [0.4, 0.5) is 11.5 Å². The number of aryl methyl sites for hydroxylation is 2. The van der Waals surface area contributed by atoms with Crippen LogP contribution in [0, 0.1) is 6.92 Å². The summed E-state index contributed by atoms with van der Waals surface area (Å²) >= 11 is 6.08. The molecule has 0 aliphatic heterocycles. The van der Waals surface area contributed by atoms with E-state index >= 15 is 0 Å². The van der Waals surface area contributed by atoms with E-state index in [1.807, 2.05) is 43.3 Å². The van der Waals surface area contributed by atoms with E-state index in [0.717, 1.165) is 24.1 Å². The Morgan fingerprint density at radius 3 is 2.70 bits per heavy atom. The first-order valence-electron chi connectivity index (χ1n) is 8.94. The van der Waals surface area contributed by atoms with Gasteiger partial charge in [0.05, 0.1) is 5.56 Å². The largest absolute Gasteiger partial charge is 0.352 e. The molecule has 0 unspecified atom stereocenters. The van der Waals surface area contributed by atoms with Crippen LogP contribution < -0.4 is 10.6 Å². The lowest BCUT2D eigenvalue weighted by Gasteiger charge is -2.13. The molecule has 0 radical (unpaired) electrons. The molecule has 1 aromatic heterocycles. The number of hydrogen-bond donors (Lipinski definition) is 2. The molecule has 2 aromatic carbocycles. The van der Waals surface area contributed by atoms with Crippen molar-refractivity contribution in [2.45, 2.75) is 19.8 Å². The Bertz CT molecular complexity index is 912. The van der Waals surface area contributed by atoms with Crippen LogP contribution in [0.5, 0.6) is 0 Å². The zero-order valence-corrected chi connectivity index (χ0v) is 16.0.